The minimum absolute atomic E-state index is 0.410. The first-order valence-corrected chi connectivity index (χ1v) is 6.11. The van der Waals surface area contributed by atoms with Crippen LogP contribution in [0.1, 0.15) is 43.1 Å². The van der Waals surface area contributed by atoms with Crippen LogP contribution in [0.25, 0.3) is 5.65 Å². The number of halogens is 1. The molecular formula is C12H14ClN3. The van der Waals surface area contributed by atoms with E-state index in [0.717, 1.165) is 41.5 Å². The second-order valence-electron chi connectivity index (χ2n) is 4.68. The van der Waals surface area contributed by atoms with Crippen LogP contribution in [-0.4, -0.2) is 14.6 Å². The summed E-state index contributed by atoms with van der Waals surface area (Å²) in [6.07, 6.45) is 3.24. The summed E-state index contributed by atoms with van der Waals surface area (Å²) >= 11 is 6.37. The average Bonchev–Trinajstić information content (AvgIpc) is 2.83. The Balaban J connectivity index is 2.28. The Kier molecular flexibility index (Phi) is 2.18. The largest absolute Gasteiger partial charge is 0.233 e. The standard InChI is InChI=1S/C12H14ClN3/c1-7(2)10-6-11-14-9-5-3-4-8(9)12(13)16(11)15-10/h6-7H,3-5H2,1-2H3. The van der Waals surface area contributed by atoms with E-state index in [4.69, 9.17) is 11.6 Å². The molecule has 16 heavy (non-hydrogen) atoms. The van der Waals surface area contributed by atoms with E-state index in [0.29, 0.717) is 5.92 Å². The summed E-state index contributed by atoms with van der Waals surface area (Å²) in [5.74, 6) is 0.410. The lowest BCUT2D eigenvalue weighted by atomic mass is 10.1. The minimum atomic E-state index is 0.410. The molecular weight excluding hydrogens is 222 g/mol. The second-order valence-corrected chi connectivity index (χ2v) is 5.03. The molecule has 0 spiro atoms. The highest BCUT2D eigenvalue weighted by Gasteiger charge is 2.20. The van der Waals surface area contributed by atoms with E-state index in [1.54, 1.807) is 4.52 Å². The Morgan fingerprint density at radius 3 is 2.94 bits per heavy atom. The van der Waals surface area contributed by atoms with Gasteiger partial charge in [-0.05, 0) is 25.2 Å². The number of aryl methyl sites for hydroxylation is 1. The van der Waals surface area contributed by atoms with E-state index in [1.807, 2.05) is 6.07 Å². The van der Waals surface area contributed by atoms with Crippen LogP contribution in [0.15, 0.2) is 6.07 Å². The Bertz CT molecular complexity index is 557. The van der Waals surface area contributed by atoms with E-state index < -0.39 is 0 Å². The molecule has 2 aromatic rings. The van der Waals surface area contributed by atoms with Gasteiger partial charge in [-0.1, -0.05) is 25.4 Å². The smallest absolute Gasteiger partial charge is 0.157 e. The maximum absolute atomic E-state index is 6.37. The molecule has 1 aliphatic rings. The number of fused-ring (bicyclic) bond motifs is 2. The maximum atomic E-state index is 6.37. The van der Waals surface area contributed by atoms with Gasteiger partial charge in [-0.2, -0.15) is 5.10 Å². The third-order valence-corrected chi connectivity index (χ3v) is 3.56. The summed E-state index contributed by atoms with van der Waals surface area (Å²) in [6, 6.07) is 2.04. The maximum Gasteiger partial charge on any atom is 0.157 e. The van der Waals surface area contributed by atoms with E-state index in [2.05, 4.69) is 23.9 Å². The lowest BCUT2D eigenvalue weighted by Crippen LogP contribution is -1.99. The molecule has 0 unspecified atom stereocenters. The summed E-state index contributed by atoms with van der Waals surface area (Å²) in [7, 11) is 0. The van der Waals surface area contributed by atoms with Crippen molar-refractivity contribution >= 4 is 17.2 Å². The van der Waals surface area contributed by atoms with Crippen LogP contribution in [0, 0.1) is 0 Å². The van der Waals surface area contributed by atoms with E-state index in [-0.39, 0.29) is 0 Å². The zero-order chi connectivity index (χ0) is 11.3. The van der Waals surface area contributed by atoms with Crippen LogP contribution >= 0.6 is 11.6 Å². The van der Waals surface area contributed by atoms with Gasteiger partial charge in [-0.25, -0.2) is 9.50 Å². The van der Waals surface area contributed by atoms with Crippen molar-refractivity contribution in [3.8, 4) is 0 Å². The molecule has 0 N–H and O–H groups in total. The van der Waals surface area contributed by atoms with E-state index in [9.17, 15) is 0 Å². The van der Waals surface area contributed by atoms with Gasteiger partial charge >= 0.3 is 0 Å². The topological polar surface area (TPSA) is 30.2 Å². The first kappa shape index (κ1) is 10.1. The van der Waals surface area contributed by atoms with Crippen molar-refractivity contribution in [2.45, 2.75) is 39.0 Å². The molecule has 2 aromatic heterocycles. The van der Waals surface area contributed by atoms with Crippen molar-refractivity contribution in [3.63, 3.8) is 0 Å². The predicted molar refractivity (Wildman–Crippen MR) is 64.1 cm³/mol. The highest BCUT2D eigenvalue weighted by Crippen LogP contribution is 2.29. The van der Waals surface area contributed by atoms with Crippen LogP contribution in [-0.2, 0) is 12.8 Å². The lowest BCUT2D eigenvalue weighted by molar-refractivity contribution is 0.783. The van der Waals surface area contributed by atoms with Crippen LogP contribution in [0.4, 0.5) is 0 Å². The normalized spacial score (nSPS) is 15.0. The first-order chi connectivity index (χ1) is 7.66. The van der Waals surface area contributed by atoms with Crippen molar-refractivity contribution in [2.24, 2.45) is 0 Å². The van der Waals surface area contributed by atoms with Crippen molar-refractivity contribution in [1.29, 1.82) is 0 Å². The zero-order valence-electron chi connectivity index (χ0n) is 9.50. The third kappa shape index (κ3) is 1.34. The molecule has 3 rings (SSSR count). The van der Waals surface area contributed by atoms with Crippen molar-refractivity contribution in [2.75, 3.05) is 0 Å². The predicted octanol–water partition coefficient (Wildman–Crippen LogP) is 2.99. The lowest BCUT2D eigenvalue weighted by Gasteiger charge is -2.03. The molecule has 0 saturated carbocycles. The third-order valence-electron chi connectivity index (χ3n) is 3.17. The fraction of sp³-hybridized carbons (Fsp3) is 0.500. The van der Waals surface area contributed by atoms with Crippen molar-refractivity contribution < 1.29 is 0 Å². The molecule has 1 aliphatic carbocycles. The number of rotatable bonds is 1. The minimum Gasteiger partial charge on any atom is -0.233 e. The molecule has 0 aliphatic heterocycles. The average molecular weight is 236 g/mol. The summed E-state index contributed by atoms with van der Waals surface area (Å²) in [5, 5.41) is 5.27. The molecule has 0 radical (unpaired) electrons. The molecule has 84 valence electrons. The van der Waals surface area contributed by atoms with Gasteiger partial charge in [0.15, 0.2) is 5.65 Å². The van der Waals surface area contributed by atoms with Gasteiger partial charge < -0.3 is 0 Å². The molecule has 0 atom stereocenters. The van der Waals surface area contributed by atoms with Gasteiger partial charge in [0.05, 0.1) is 5.69 Å². The second kappa shape index (κ2) is 3.45. The Morgan fingerprint density at radius 2 is 2.19 bits per heavy atom. The number of nitrogens with zero attached hydrogens (tertiary/aromatic N) is 3. The quantitative estimate of drug-likeness (QED) is 0.712. The highest BCUT2D eigenvalue weighted by molar-refractivity contribution is 6.30. The number of hydrogen-bond acceptors (Lipinski definition) is 2. The van der Waals surface area contributed by atoms with Gasteiger partial charge in [0.25, 0.3) is 0 Å². The SMILES string of the molecule is CC(C)c1cc2nc3c(c(Cl)n2n1)CCC3. The first-order valence-electron chi connectivity index (χ1n) is 5.73. The van der Waals surface area contributed by atoms with Gasteiger partial charge in [-0.3, -0.25) is 0 Å². The van der Waals surface area contributed by atoms with Gasteiger partial charge in [-0.15, -0.1) is 0 Å². The van der Waals surface area contributed by atoms with Gasteiger partial charge in [0.2, 0.25) is 0 Å². The van der Waals surface area contributed by atoms with Crippen LogP contribution in [0.3, 0.4) is 0 Å². The summed E-state index contributed by atoms with van der Waals surface area (Å²) in [5.41, 5.74) is 4.28. The Morgan fingerprint density at radius 1 is 1.38 bits per heavy atom. The van der Waals surface area contributed by atoms with Crippen LogP contribution < -0.4 is 0 Å². The van der Waals surface area contributed by atoms with Gasteiger partial charge in [0, 0.05) is 17.3 Å². The summed E-state index contributed by atoms with van der Waals surface area (Å²) in [4.78, 5) is 4.64. The number of hydrogen-bond donors (Lipinski definition) is 0. The van der Waals surface area contributed by atoms with Crippen molar-refractivity contribution in [3.05, 3.63) is 28.2 Å². The Hall–Kier alpha value is -1.09. The monoisotopic (exact) mass is 235 g/mol. The van der Waals surface area contributed by atoms with Gasteiger partial charge in [0.1, 0.15) is 5.15 Å². The molecule has 0 bridgehead atoms. The zero-order valence-corrected chi connectivity index (χ0v) is 10.3. The van der Waals surface area contributed by atoms with E-state index in [1.165, 1.54) is 5.56 Å². The molecule has 0 saturated heterocycles. The molecule has 2 heterocycles. The Labute approximate surface area is 99.4 Å². The number of aromatic nitrogens is 3. The summed E-state index contributed by atoms with van der Waals surface area (Å²) in [6.45, 7) is 4.26. The van der Waals surface area contributed by atoms with Crippen LogP contribution in [0.2, 0.25) is 5.15 Å². The molecule has 0 amide bonds. The molecule has 3 nitrogen and oxygen atoms in total. The highest BCUT2D eigenvalue weighted by atomic mass is 35.5. The fourth-order valence-corrected chi connectivity index (χ4v) is 2.56. The summed E-state index contributed by atoms with van der Waals surface area (Å²) < 4.78 is 1.78. The fourth-order valence-electron chi connectivity index (χ4n) is 2.23. The molecule has 0 fully saturated rings. The molecule has 4 heteroatoms. The van der Waals surface area contributed by atoms with Crippen LogP contribution in [0.5, 0.6) is 0 Å². The molecule has 0 aromatic carbocycles. The van der Waals surface area contributed by atoms with E-state index >= 15 is 0 Å². The van der Waals surface area contributed by atoms with Crippen molar-refractivity contribution in [1.82, 2.24) is 14.6 Å².